The van der Waals surface area contributed by atoms with Gasteiger partial charge in [-0.25, -0.2) is 5.43 Å². The van der Waals surface area contributed by atoms with Gasteiger partial charge in [0.2, 0.25) is 0 Å². The van der Waals surface area contributed by atoms with Gasteiger partial charge in [-0.3, -0.25) is 9.59 Å². The number of hydrazone groups is 1. The molecule has 0 aliphatic rings. The highest BCUT2D eigenvalue weighted by Gasteiger charge is 2.15. The van der Waals surface area contributed by atoms with E-state index in [4.69, 9.17) is 4.42 Å². The quantitative estimate of drug-likeness (QED) is 0.104. The first-order valence-electron chi connectivity index (χ1n) is 12.8. The molecule has 9 nitrogen and oxygen atoms in total. The van der Waals surface area contributed by atoms with E-state index in [1.54, 1.807) is 66.7 Å². The molecular formula is C31H29N5O4. The third-order valence-corrected chi connectivity index (χ3v) is 6.10. The average Bonchev–Trinajstić information content (AvgIpc) is 3.47. The fourth-order valence-corrected chi connectivity index (χ4v) is 3.96. The maximum absolute atomic E-state index is 13.1. The number of anilines is 1. The summed E-state index contributed by atoms with van der Waals surface area (Å²) < 4.78 is 5.75. The van der Waals surface area contributed by atoms with Gasteiger partial charge in [-0.15, -0.1) is 4.91 Å². The second-order valence-electron chi connectivity index (χ2n) is 8.68. The highest BCUT2D eigenvalue weighted by atomic mass is 16.3. The fourth-order valence-electron chi connectivity index (χ4n) is 3.96. The summed E-state index contributed by atoms with van der Waals surface area (Å²) in [6.45, 7) is 5.94. The third kappa shape index (κ3) is 7.16. The molecule has 0 saturated heterocycles. The Morgan fingerprint density at radius 2 is 1.57 bits per heavy atom. The zero-order valence-electron chi connectivity index (χ0n) is 22.2. The van der Waals surface area contributed by atoms with Crippen LogP contribution in [0.25, 0.3) is 17.4 Å². The summed E-state index contributed by atoms with van der Waals surface area (Å²) in [5.41, 5.74) is 5.80. The summed E-state index contributed by atoms with van der Waals surface area (Å²) >= 11 is 0. The van der Waals surface area contributed by atoms with Crippen LogP contribution < -0.4 is 15.6 Å². The van der Waals surface area contributed by atoms with Crippen LogP contribution in [0.5, 0.6) is 0 Å². The lowest BCUT2D eigenvalue weighted by Crippen LogP contribution is -2.32. The molecule has 0 aliphatic heterocycles. The Balaban J connectivity index is 1.50. The van der Waals surface area contributed by atoms with Crippen molar-refractivity contribution in [3.05, 3.63) is 118 Å². The van der Waals surface area contributed by atoms with Crippen molar-refractivity contribution >= 4 is 35.5 Å². The van der Waals surface area contributed by atoms with Crippen LogP contribution >= 0.6 is 0 Å². The smallest absolute Gasteiger partial charge is 0.287 e. The van der Waals surface area contributed by atoms with Gasteiger partial charge in [0, 0.05) is 29.9 Å². The van der Waals surface area contributed by atoms with E-state index in [-0.39, 0.29) is 5.70 Å². The van der Waals surface area contributed by atoms with E-state index >= 15 is 0 Å². The molecule has 0 bridgehead atoms. The van der Waals surface area contributed by atoms with Gasteiger partial charge >= 0.3 is 0 Å². The predicted molar refractivity (Wildman–Crippen MR) is 157 cm³/mol. The van der Waals surface area contributed by atoms with Crippen LogP contribution in [-0.2, 0) is 4.79 Å². The molecule has 0 aliphatic carbocycles. The normalized spacial score (nSPS) is 11.3. The summed E-state index contributed by atoms with van der Waals surface area (Å²) in [5.74, 6) is -0.0536. The van der Waals surface area contributed by atoms with Crippen molar-refractivity contribution in [2.75, 3.05) is 18.0 Å². The number of nitrogens with one attached hydrogen (secondary N) is 2. The summed E-state index contributed by atoms with van der Waals surface area (Å²) in [6, 6.07) is 26.4. The summed E-state index contributed by atoms with van der Waals surface area (Å²) in [7, 11) is 0. The van der Waals surface area contributed by atoms with Crippen molar-refractivity contribution in [2.45, 2.75) is 13.8 Å². The molecule has 0 saturated carbocycles. The summed E-state index contributed by atoms with van der Waals surface area (Å²) in [6.07, 6.45) is 2.96. The highest BCUT2D eigenvalue weighted by molar-refractivity contribution is 6.05. The molecule has 0 spiro atoms. The molecule has 40 heavy (non-hydrogen) atoms. The molecule has 1 heterocycles. The standard InChI is InChI=1S/C31H29N5O4/c1-3-36(4-2)26-16-10-22(11-17-26)20-28(33-30(37)24-8-6-5-7-9-24)31(38)34-32-21-27-18-19-29(40-27)23-12-14-25(35-39)15-13-23/h5-21H,3-4H2,1-2H3,(H,33,37)(H,34,38)/b28-20+,32-21+. The third-order valence-electron chi connectivity index (χ3n) is 6.10. The van der Waals surface area contributed by atoms with E-state index in [9.17, 15) is 14.5 Å². The minimum absolute atomic E-state index is 0.0330. The number of furan rings is 1. The molecule has 4 rings (SSSR count). The Morgan fingerprint density at radius 1 is 0.875 bits per heavy atom. The van der Waals surface area contributed by atoms with Crippen molar-refractivity contribution in [3.8, 4) is 11.3 Å². The Labute approximate surface area is 232 Å². The SMILES string of the molecule is CCN(CC)c1ccc(/C=C(/NC(=O)c2ccccc2)C(=O)N/N=C/c2ccc(-c3ccc(N=O)cc3)o2)cc1. The van der Waals surface area contributed by atoms with Crippen LogP contribution in [0.2, 0.25) is 0 Å². The van der Waals surface area contributed by atoms with E-state index in [0.717, 1.165) is 29.9 Å². The Hall–Kier alpha value is -5.31. The first-order chi connectivity index (χ1) is 19.5. The van der Waals surface area contributed by atoms with Crippen molar-refractivity contribution in [1.82, 2.24) is 10.7 Å². The molecule has 1 aromatic heterocycles. The molecule has 0 atom stereocenters. The van der Waals surface area contributed by atoms with Gasteiger partial charge in [0.15, 0.2) is 0 Å². The number of carbonyl (C=O) groups is 2. The topological polar surface area (TPSA) is 116 Å². The molecule has 4 aromatic rings. The first kappa shape index (κ1) is 27.7. The lowest BCUT2D eigenvalue weighted by molar-refractivity contribution is -0.117. The maximum atomic E-state index is 13.1. The molecule has 0 radical (unpaired) electrons. The van der Waals surface area contributed by atoms with E-state index in [0.29, 0.717) is 22.8 Å². The minimum Gasteiger partial charge on any atom is -0.455 e. The van der Waals surface area contributed by atoms with Crippen LogP contribution in [0.4, 0.5) is 11.4 Å². The van der Waals surface area contributed by atoms with Crippen molar-refractivity contribution in [1.29, 1.82) is 0 Å². The zero-order chi connectivity index (χ0) is 28.3. The lowest BCUT2D eigenvalue weighted by atomic mass is 10.1. The van der Waals surface area contributed by atoms with E-state index in [1.807, 2.05) is 30.3 Å². The van der Waals surface area contributed by atoms with E-state index in [1.165, 1.54) is 6.21 Å². The molecular weight excluding hydrogens is 506 g/mol. The second-order valence-corrected chi connectivity index (χ2v) is 8.68. The Kier molecular flexibility index (Phi) is 9.34. The van der Waals surface area contributed by atoms with Gasteiger partial charge in [0.25, 0.3) is 11.8 Å². The number of benzene rings is 3. The van der Waals surface area contributed by atoms with Gasteiger partial charge in [0.1, 0.15) is 22.9 Å². The van der Waals surface area contributed by atoms with Crippen LogP contribution in [0.3, 0.4) is 0 Å². The van der Waals surface area contributed by atoms with Crippen molar-refractivity contribution < 1.29 is 14.0 Å². The molecule has 0 unspecified atom stereocenters. The Morgan fingerprint density at radius 3 is 2.23 bits per heavy atom. The predicted octanol–water partition coefficient (Wildman–Crippen LogP) is 6.11. The van der Waals surface area contributed by atoms with Crippen LogP contribution in [0.1, 0.15) is 35.5 Å². The van der Waals surface area contributed by atoms with Crippen LogP contribution in [-0.4, -0.2) is 31.1 Å². The monoisotopic (exact) mass is 535 g/mol. The minimum atomic E-state index is -0.600. The fraction of sp³-hybridized carbons (Fsp3) is 0.129. The number of hydrogen-bond donors (Lipinski definition) is 2. The van der Waals surface area contributed by atoms with Gasteiger partial charge in [0.05, 0.1) is 6.21 Å². The number of nitroso groups, excluding NO2 is 1. The highest BCUT2D eigenvalue weighted by Crippen LogP contribution is 2.24. The van der Waals surface area contributed by atoms with Crippen molar-refractivity contribution in [2.24, 2.45) is 10.3 Å². The van der Waals surface area contributed by atoms with Gasteiger partial charge in [-0.2, -0.15) is 5.10 Å². The lowest BCUT2D eigenvalue weighted by Gasteiger charge is -2.20. The summed E-state index contributed by atoms with van der Waals surface area (Å²) in [5, 5.41) is 9.59. The average molecular weight is 536 g/mol. The first-order valence-corrected chi connectivity index (χ1v) is 12.8. The molecule has 2 amide bonds. The number of amides is 2. The number of rotatable bonds is 11. The molecule has 202 valence electrons. The number of nitrogens with zero attached hydrogens (tertiary/aromatic N) is 3. The Bertz CT molecular complexity index is 1500. The van der Waals surface area contributed by atoms with Crippen molar-refractivity contribution in [3.63, 3.8) is 0 Å². The van der Waals surface area contributed by atoms with E-state index < -0.39 is 11.8 Å². The van der Waals surface area contributed by atoms with Gasteiger partial charge in [-0.1, -0.05) is 30.3 Å². The summed E-state index contributed by atoms with van der Waals surface area (Å²) in [4.78, 5) is 38.7. The number of hydrogen-bond acceptors (Lipinski definition) is 7. The van der Waals surface area contributed by atoms with Crippen LogP contribution in [0.15, 0.2) is 111 Å². The van der Waals surface area contributed by atoms with Crippen LogP contribution in [0, 0.1) is 4.91 Å². The maximum Gasteiger partial charge on any atom is 0.287 e. The molecule has 2 N–H and O–H groups in total. The molecule has 0 fully saturated rings. The van der Waals surface area contributed by atoms with Gasteiger partial charge in [-0.05, 0) is 91.3 Å². The largest absolute Gasteiger partial charge is 0.455 e. The number of carbonyl (C=O) groups excluding carboxylic acids is 2. The zero-order valence-corrected chi connectivity index (χ0v) is 22.2. The second kappa shape index (κ2) is 13.5. The van der Waals surface area contributed by atoms with E-state index in [2.05, 4.69) is 39.8 Å². The molecule has 3 aromatic carbocycles. The van der Waals surface area contributed by atoms with Gasteiger partial charge < -0.3 is 14.6 Å². The molecule has 9 heteroatoms.